The van der Waals surface area contributed by atoms with Crippen molar-refractivity contribution in [1.82, 2.24) is 9.96 Å². The minimum absolute atomic E-state index is 0.182. The lowest BCUT2D eigenvalue weighted by molar-refractivity contribution is -0.121. The highest BCUT2D eigenvalue weighted by molar-refractivity contribution is 5.51. The molecule has 0 spiro atoms. The molecule has 0 bridgehead atoms. The number of nitrogens with zero attached hydrogens (tertiary/aromatic N) is 2. The van der Waals surface area contributed by atoms with Gasteiger partial charge in [-0.25, -0.2) is 14.2 Å². The van der Waals surface area contributed by atoms with Gasteiger partial charge in [-0.2, -0.15) is 0 Å². The first-order valence-electron chi connectivity index (χ1n) is 8.71. The van der Waals surface area contributed by atoms with E-state index in [9.17, 15) is 9.18 Å². The number of hydroxylamine groups is 2. The molecule has 2 aliphatic rings. The molecule has 4 nitrogen and oxygen atoms in total. The number of rotatable bonds is 3. The van der Waals surface area contributed by atoms with Crippen molar-refractivity contribution in [3.8, 4) is 0 Å². The van der Waals surface area contributed by atoms with E-state index < -0.39 is 0 Å². The molecule has 2 aliphatic heterocycles. The number of halogens is 1. The van der Waals surface area contributed by atoms with Gasteiger partial charge >= 0.3 is 0 Å². The summed E-state index contributed by atoms with van der Waals surface area (Å²) in [6, 6.07) is 5.70. The molecule has 0 amide bonds. The number of benzene rings is 1. The highest BCUT2D eigenvalue weighted by Crippen LogP contribution is 2.37. The SMILES string of the molecule is CON1CCC(N2CCCCC2c2ccc(F)cc2C)CC1=C=O. The van der Waals surface area contributed by atoms with Crippen molar-refractivity contribution < 1.29 is 14.0 Å². The third-order valence-corrected chi connectivity index (χ3v) is 5.34. The van der Waals surface area contributed by atoms with Gasteiger partial charge in [0.15, 0.2) is 0 Å². The summed E-state index contributed by atoms with van der Waals surface area (Å²) in [5, 5.41) is 1.64. The van der Waals surface area contributed by atoms with Crippen LogP contribution in [0.25, 0.3) is 0 Å². The summed E-state index contributed by atoms with van der Waals surface area (Å²) in [6.45, 7) is 3.71. The van der Waals surface area contributed by atoms with Crippen LogP contribution in [-0.2, 0) is 9.63 Å². The van der Waals surface area contributed by atoms with E-state index in [1.165, 1.54) is 18.4 Å². The van der Waals surface area contributed by atoms with Crippen LogP contribution in [0, 0.1) is 12.7 Å². The molecular weight excluding hydrogens is 307 g/mol. The smallest absolute Gasteiger partial charge is 0.148 e. The van der Waals surface area contributed by atoms with Gasteiger partial charge in [0.25, 0.3) is 0 Å². The van der Waals surface area contributed by atoms with E-state index in [1.807, 2.05) is 18.9 Å². The van der Waals surface area contributed by atoms with Crippen LogP contribution in [0.2, 0.25) is 0 Å². The number of aryl methyl sites for hydroxylation is 1. The average molecular weight is 332 g/mol. The lowest BCUT2D eigenvalue weighted by Crippen LogP contribution is -2.47. The van der Waals surface area contributed by atoms with Crippen LogP contribution in [0.15, 0.2) is 23.9 Å². The fourth-order valence-electron chi connectivity index (χ4n) is 4.14. The van der Waals surface area contributed by atoms with Crippen LogP contribution in [0.4, 0.5) is 4.39 Å². The lowest BCUT2D eigenvalue weighted by atomic mass is 9.88. The third kappa shape index (κ3) is 3.39. The minimum Gasteiger partial charge on any atom is -0.293 e. The van der Waals surface area contributed by atoms with Crippen molar-refractivity contribution in [3.63, 3.8) is 0 Å². The molecule has 2 heterocycles. The summed E-state index contributed by atoms with van der Waals surface area (Å²) in [5.41, 5.74) is 2.81. The molecule has 2 unspecified atom stereocenters. The molecule has 24 heavy (non-hydrogen) atoms. The average Bonchev–Trinajstić information content (AvgIpc) is 2.61. The molecule has 130 valence electrons. The second-order valence-corrected chi connectivity index (χ2v) is 6.73. The molecule has 0 N–H and O–H groups in total. The summed E-state index contributed by atoms with van der Waals surface area (Å²) < 4.78 is 13.5. The zero-order chi connectivity index (χ0) is 17.1. The molecule has 0 saturated carbocycles. The summed E-state index contributed by atoms with van der Waals surface area (Å²) in [7, 11) is 1.59. The number of likely N-dealkylation sites (tertiary alicyclic amines) is 1. The van der Waals surface area contributed by atoms with Crippen LogP contribution in [0.1, 0.15) is 49.3 Å². The van der Waals surface area contributed by atoms with Gasteiger partial charge in [-0.05, 0) is 56.0 Å². The Labute approximate surface area is 142 Å². The maximum absolute atomic E-state index is 13.5. The van der Waals surface area contributed by atoms with Gasteiger partial charge in [0.1, 0.15) is 17.5 Å². The van der Waals surface area contributed by atoms with E-state index in [2.05, 4.69) is 4.90 Å². The molecule has 1 aromatic rings. The summed E-state index contributed by atoms with van der Waals surface area (Å²) in [5.74, 6) is 1.86. The Morgan fingerprint density at radius 1 is 1.25 bits per heavy atom. The van der Waals surface area contributed by atoms with Crippen LogP contribution >= 0.6 is 0 Å². The van der Waals surface area contributed by atoms with Crippen molar-refractivity contribution in [2.24, 2.45) is 0 Å². The van der Waals surface area contributed by atoms with E-state index in [4.69, 9.17) is 4.84 Å². The van der Waals surface area contributed by atoms with Gasteiger partial charge in [-0.15, -0.1) is 0 Å². The minimum atomic E-state index is -0.182. The Hall–Kier alpha value is -1.68. The predicted molar refractivity (Wildman–Crippen MR) is 90.4 cm³/mol. The van der Waals surface area contributed by atoms with Gasteiger partial charge < -0.3 is 0 Å². The van der Waals surface area contributed by atoms with Crippen LogP contribution in [0.5, 0.6) is 0 Å². The maximum atomic E-state index is 13.5. The first-order chi connectivity index (χ1) is 11.6. The van der Waals surface area contributed by atoms with E-state index in [0.29, 0.717) is 30.7 Å². The van der Waals surface area contributed by atoms with E-state index in [-0.39, 0.29) is 5.82 Å². The highest BCUT2D eigenvalue weighted by Gasteiger charge is 2.34. The van der Waals surface area contributed by atoms with Crippen molar-refractivity contribution in [2.45, 2.75) is 51.1 Å². The van der Waals surface area contributed by atoms with Gasteiger partial charge in [-0.1, -0.05) is 12.5 Å². The summed E-state index contributed by atoms with van der Waals surface area (Å²) in [6.07, 6.45) is 5.05. The Morgan fingerprint density at radius 3 is 2.79 bits per heavy atom. The highest BCUT2D eigenvalue weighted by atomic mass is 19.1. The van der Waals surface area contributed by atoms with Crippen LogP contribution in [0.3, 0.4) is 0 Å². The molecule has 3 rings (SSSR count). The first-order valence-corrected chi connectivity index (χ1v) is 8.71. The molecule has 5 heteroatoms. The van der Waals surface area contributed by atoms with E-state index in [1.54, 1.807) is 24.3 Å². The standard InChI is InChI=1S/C19H25FN2O2/c1-14-11-15(20)6-7-18(14)19-5-3-4-9-21(19)16-8-10-22(24-2)17(12-16)13-23/h6-7,11,16,19H,3-5,8-10,12H2,1-2H3. The largest absolute Gasteiger partial charge is 0.293 e. The zero-order valence-corrected chi connectivity index (χ0v) is 14.4. The molecule has 0 radical (unpaired) electrons. The number of carbonyl (C=O) groups excluding carboxylic acids is 1. The molecule has 2 saturated heterocycles. The van der Waals surface area contributed by atoms with Crippen molar-refractivity contribution in [1.29, 1.82) is 0 Å². The second-order valence-electron chi connectivity index (χ2n) is 6.73. The van der Waals surface area contributed by atoms with Crippen molar-refractivity contribution in [2.75, 3.05) is 20.2 Å². The van der Waals surface area contributed by atoms with Crippen LogP contribution < -0.4 is 0 Å². The first kappa shape index (κ1) is 17.2. The summed E-state index contributed by atoms with van der Waals surface area (Å²) in [4.78, 5) is 19.0. The summed E-state index contributed by atoms with van der Waals surface area (Å²) >= 11 is 0. The predicted octanol–water partition coefficient (Wildman–Crippen LogP) is 3.40. The van der Waals surface area contributed by atoms with Gasteiger partial charge in [0.2, 0.25) is 0 Å². The Bertz CT molecular complexity index is 642. The van der Waals surface area contributed by atoms with E-state index in [0.717, 1.165) is 24.9 Å². The quantitative estimate of drug-likeness (QED) is 0.794. The zero-order valence-electron chi connectivity index (χ0n) is 14.4. The Morgan fingerprint density at radius 2 is 2.08 bits per heavy atom. The fourth-order valence-corrected chi connectivity index (χ4v) is 4.14. The number of hydrogen-bond donors (Lipinski definition) is 0. The third-order valence-electron chi connectivity index (χ3n) is 5.34. The molecule has 1 aromatic carbocycles. The van der Waals surface area contributed by atoms with Gasteiger partial charge in [0.05, 0.1) is 7.11 Å². The fraction of sp³-hybridized carbons (Fsp3) is 0.579. The molecular formula is C19H25FN2O2. The Kier molecular flexibility index (Phi) is 5.34. The number of hydrogen-bond acceptors (Lipinski definition) is 4. The van der Waals surface area contributed by atoms with E-state index >= 15 is 0 Å². The maximum Gasteiger partial charge on any atom is 0.148 e. The lowest BCUT2D eigenvalue weighted by Gasteiger charge is -2.45. The monoisotopic (exact) mass is 332 g/mol. The molecule has 0 aromatic heterocycles. The topological polar surface area (TPSA) is 32.8 Å². The van der Waals surface area contributed by atoms with Crippen molar-refractivity contribution >= 4 is 5.94 Å². The van der Waals surface area contributed by atoms with Gasteiger partial charge in [-0.3, -0.25) is 9.74 Å². The Balaban J connectivity index is 1.83. The number of piperidine rings is 2. The molecule has 2 fully saturated rings. The van der Waals surface area contributed by atoms with Crippen LogP contribution in [-0.4, -0.2) is 42.1 Å². The normalized spacial score (nSPS) is 25.6. The van der Waals surface area contributed by atoms with Gasteiger partial charge in [0, 0.05) is 25.0 Å². The molecule has 2 atom stereocenters. The van der Waals surface area contributed by atoms with Crippen molar-refractivity contribution in [3.05, 3.63) is 40.8 Å². The second kappa shape index (κ2) is 7.47. The molecule has 0 aliphatic carbocycles.